The Morgan fingerprint density at radius 1 is 1.21 bits per heavy atom. The van der Waals surface area contributed by atoms with Crippen molar-refractivity contribution in [3.05, 3.63) is 66.0 Å². The number of aliphatic hydroxyl groups excluding tert-OH is 1. The molecule has 3 amide bonds. The number of pyridine rings is 1. The molecule has 2 aliphatic rings. The highest BCUT2D eigenvalue weighted by Crippen LogP contribution is 2.54. The van der Waals surface area contributed by atoms with Gasteiger partial charge in [0.05, 0.1) is 23.8 Å². The average molecular weight is 394 g/mol. The van der Waals surface area contributed by atoms with Crippen LogP contribution < -0.4 is 5.32 Å². The first kappa shape index (κ1) is 19.4. The molecule has 2 N–H and O–H groups in total. The van der Waals surface area contributed by atoms with Crippen molar-refractivity contribution >= 4 is 11.9 Å². The van der Waals surface area contributed by atoms with E-state index in [2.05, 4.69) is 10.3 Å². The summed E-state index contributed by atoms with van der Waals surface area (Å²) in [6.07, 6.45) is 4.04. The number of nitrogens with zero attached hydrogens (tertiary/aromatic N) is 3. The third-order valence-electron chi connectivity index (χ3n) is 5.99. The predicted octanol–water partition coefficient (Wildman–Crippen LogP) is 1.86. The first-order valence-electron chi connectivity index (χ1n) is 10.0. The van der Waals surface area contributed by atoms with Crippen molar-refractivity contribution in [3.8, 4) is 0 Å². The number of aliphatic hydroxyl groups is 1. The molecule has 1 spiro atoms. The molecule has 0 saturated carbocycles. The second-order valence-corrected chi connectivity index (χ2v) is 7.75. The van der Waals surface area contributed by atoms with E-state index >= 15 is 0 Å². The zero-order valence-electron chi connectivity index (χ0n) is 16.5. The standard InChI is InChI=1S/C22H26N4O3/c1-2-10-24-21(29)25-14-22(15-25)19(16-7-4-3-5-8-16)18(13-27)26(22)20(28)17-9-6-11-23-12-17/h3-9,11-12,18-19,27H,2,10,13-15H2,1H3,(H,24,29)/t18-,19-/m1/s1. The largest absolute Gasteiger partial charge is 0.394 e. The molecule has 1 aromatic heterocycles. The molecule has 2 atom stereocenters. The zero-order chi connectivity index (χ0) is 20.4. The summed E-state index contributed by atoms with van der Waals surface area (Å²) in [4.78, 5) is 33.3. The van der Waals surface area contributed by atoms with Gasteiger partial charge in [-0.1, -0.05) is 37.3 Å². The van der Waals surface area contributed by atoms with E-state index in [1.165, 1.54) is 0 Å². The second kappa shape index (κ2) is 7.83. The van der Waals surface area contributed by atoms with Crippen LogP contribution >= 0.6 is 0 Å². The van der Waals surface area contributed by atoms with E-state index in [0.717, 1.165) is 12.0 Å². The third-order valence-corrected chi connectivity index (χ3v) is 5.99. The Hall–Kier alpha value is -2.93. The lowest BCUT2D eigenvalue weighted by atomic mass is 9.60. The van der Waals surface area contributed by atoms with Crippen LogP contribution in [0.3, 0.4) is 0 Å². The summed E-state index contributed by atoms with van der Waals surface area (Å²) in [6, 6.07) is 13.0. The van der Waals surface area contributed by atoms with Crippen molar-refractivity contribution in [3.63, 3.8) is 0 Å². The fourth-order valence-electron chi connectivity index (χ4n) is 4.72. The van der Waals surface area contributed by atoms with Crippen molar-refractivity contribution in [2.24, 2.45) is 0 Å². The highest BCUT2D eigenvalue weighted by molar-refractivity contribution is 5.96. The molecular weight excluding hydrogens is 368 g/mol. The lowest BCUT2D eigenvalue weighted by molar-refractivity contribution is -0.150. The van der Waals surface area contributed by atoms with Crippen molar-refractivity contribution in [2.75, 3.05) is 26.2 Å². The van der Waals surface area contributed by atoms with E-state index in [-0.39, 0.29) is 30.5 Å². The summed E-state index contributed by atoms with van der Waals surface area (Å²) in [5.41, 5.74) is 1.06. The van der Waals surface area contributed by atoms with Gasteiger partial charge in [-0.3, -0.25) is 9.78 Å². The smallest absolute Gasteiger partial charge is 0.317 e. The van der Waals surface area contributed by atoms with E-state index in [1.54, 1.807) is 34.3 Å². The van der Waals surface area contributed by atoms with Gasteiger partial charge in [-0.2, -0.15) is 0 Å². The fourth-order valence-corrected chi connectivity index (χ4v) is 4.72. The number of carbonyl (C=O) groups excluding carboxylic acids is 2. The number of hydrogen-bond acceptors (Lipinski definition) is 4. The molecule has 4 rings (SSSR count). The lowest BCUT2D eigenvalue weighted by Crippen LogP contribution is -2.86. The molecule has 2 aliphatic heterocycles. The summed E-state index contributed by atoms with van der Waals surface area (Å²) in [5.74, 6) is -0.178. The number of rotatable bonds is 5. The van der Waals surface area contributed by atoms with E-state index < -0.39 is 5.54 Å². The van der Waals surface area contributed by atoms with Crippen molar-refractivity contribution in [2.45, 2.75) is 30.8 Å². The lowest BCUT2D eigenvalue weighted by Gasteiger charge is -2.70. The van der Waals surface area contributed by atoms with Gasteiger partial charge in [0.1, 0.15) is 0 Å². The van der Waals surface area contributed by atoms with Crippen LogP contribution in [0.15, 0.2) is 54.9 Å². The molecule has 0 radical (unpaired) electrons. The van der Waals surface area contributed by atoms with Crippen LogP contribution in [0.4, 0.5) is 4.79 Å². The molecule has 29 heavy (non-hydrogen) atoms. The number of aromatic nitrogens is 1. The van der Waals surface area contributed by atoms with Gasteiger partial charge in [-0.25, -0.2) is 4.79 Å². The average Bonchev–Trinajstić information content (AvgIpc) is 2.72. The number of urea groups is 1. The van der Waals surface area contributed by atoms with Gasteiger partial charge in [-0.05, 0) is 24.1 Å². The Morgan fingerprint density at radius 3 is 2.59 bits per heavy atom. The molecule has 2 fully saturated rings. The highest BCUT2D eigenvalue weighted by Gasteiger charge is 2.68. The quantitative estimate of drug-likeness (QED) is 0.811. The Labute approximate surface area is 170 Å². The Bertz CT molecular complexity index is 868. The molecular formula is C22H26N4O3. The normalized spacial score (nSPS) is 22.0. The summed E-state index contributed by atoms with van der Waals surface area (Å²) in [7, 11) is 0. The Kier molecular flexibility index (Phi) is 5.24. The number of carbonyl (C=O) groups is 2. The monoisotopic (exact) mass is 394 g/mol. The summed E-state index contributed by atoms with van der Waals surface area (Å²) in [5, 5.41) is 13.0. The Balaban J connectivity index is 1.63. The van der Waals surface area contributed by atoms with Gasteiger partial charge in [0.25, 0.3) is 5.91 Å². The number of nitrogens with one attached hydrogen (secondary N) is 1. The number of likely N-dealkylation sites (tertiary alicyclic amines) is 2. The van der Waals surface area contributed by atoms with Gasteiger partial charge in [0, 0.05) is 37.9 Å². The molecule has 1 aromatic carbocycles. The van der Waals surface area contributed by atoms with Gasteiger partial charge in [-0.15, -0.1) is 0 Å². The Morgan fingerprint density at radius 2 is 1.97 bits per heavy atom. The van der Waals surface area contributed by atoms with Crippen LogP contribution in [-0.2, 0) is 0 Å². The van der Waals surface area contributed by atoms with Gasteiger partial charge in [0.2, 0.25) is 0 Å². The number of benzene rings is 1. The van der Waals surface area contributed by atoms with Gasteiger partial charge < -0.3 is 20.2 Å². The number of amides is 3. The molecule has 152 valence electrons. The van der Waals surface area contributed by atoms with Crippen molar-refractivity contribution in [1.82, 2.24) is 20.1 Å². The van der Waals surface area contributed by atoms with E-state index in [4.69, 9.17) is 0 Å². The first-order chi connectivity index (χ1) is 14.1. The van der Waals surface area contributed by atoms with E-state index in [9.17, 15) is 14.7 Å². The second-order valence-electron chi connectivity index (χ2n) is 7.75. The highest BCUT2D eigenvalue weighted by atomic mass is 16.3. The van der Waals surface area contributed by atoms with Crippen LogP contribution in [-0.4, -0.2) is 69.7 Å². The van der Waals surface area contributed by atoms with Crippen LogP contribution in [0.1, 0.15) is 35.2 Å². The van der Waals surface area contributed by atoms with E-state index in [0.29, 0.717) is 25.2 Å². The fraction of sp³-hybridized carbons (Fsp3) is 0.409. The minimum Gasteiger partial charge on any atom is -0.394 e. The minimum absolute atomic E-state index is 0.0236. The first-order valence-corrected chi connectivity index (χ1v) is 10.0. The van der Waals surface area contributed by atoms with Crippen LogP contribution in [0.25, 0.3) is 0 Å². The van der Waals surface area contributed by atoms with Gasteiger partial charge in [0.15, 0.2) is 0 Å². The molecule has 2 saturated heterocycles. The molecule has 7 heteroatoms. The maximum absolute atomic E-state index is 13.3. The molecule has 0 unspecified atom stereocenters. The van der Waals surface area contributed by atoms with Crippen LogP contribution in [0.2, 0.25) is 0 Å². The minimum atomic E-state index is -0.509. The topological polar surface area (TPSA) is 85.8 Å². The third kappa shape index (κ3) is 3.15. The number of hydrogen-bond donors (Lipinski definition) is 2. The summed E-state index contributed by atoms with van der Waals surface area (Å²) in [6.45, 7) is 3.40. The van der Waals surface area contributed by atoms with Crippen molar-refractivity contribution < 1.29 is 14.7 Å². The predicted molar refractivity (Wildman–Crippen MR) is 108 cm³/mol. The van der Waals surface area contributed by atoms with E-state index in [1.807, 2.05) is 37.3 Å². The van der Waals surface area contributed by atoms with Crippen LogP contribution in [0, 0.1) is 0 Å². The van der Waals surface area contributed by atoms with Crippen molar-refractivity contribution in [1.29, 1.82) is 0 Å². The maximum atomic E-state index is 13.3. The van der Waals surface area contributed by atoms with Crippen LogP contribution in [0.5, 0.6) is 0 Å². The zero-order valence-corrected chi connectivity index (χ0v) is 16.5. The maximum Gasteiger partial charge on any atom is 0.317 e. The SMILES string of the molecule is CCCNC(=O)N1CC2(C1)[C@H](c1ccccc1)[C@@H](CO)N2C(=O)c1cccnc1. The van der Waals surface area contributed by atoms with Gasteiger partial charge >= 0.3 is 6.03 Å². The summed E-state index contributed by atoms with van der Waals surface area (Å²) >= 11 is 0. The molecule has 7 nitrogen and oxygen atoms in total. The summed E-state index contributed by atoms with van der Waals surface area (Å²) < 4.78 is 0. The molecule has 2 aromatic rings. The molecule has 0 bridgehead atoms. The molecule has 3 heterocycles. The molecule has 0 aliphatic carbocycles.